The molecule has 1 atom stereocenters. The standard InChI is InChI=1S/C16H19N3O5S/c1-10(2)16(3,9-17)18-14(20)8-24-15(21)11-5-6-13(25-4)12(7-11)19(22)23/h5-7,10H,8H2,1-4H3,(H,18,20)/t16-/m0/s1. The molecular formula is C16H19N3O5S. The van der Waals surface area contributed by atoms with Gasteiger partial charge in [-0.05, 0) is 31.2 Å². The van der Waals surface area contributed by atoms with Gasteiger partial charge < -0.3 is 10.1 Å². The number of hydrogen-bond acceptors (Lipinski definition) is 7. The van der Waals surface area contributed by atoms with Crippen molar-refractivity contribution < 1.29 is 19.2 Å². The molecule has 0 aliphatic rings. The molecule has 0 aliphatic carbocycles. The summed E-state index contributed by atoms with van der Waals surface area (Å²) in [5.74, 6) is -1.62. The quantitative estimate of drug-likeness (QED) is 0.341. The van der Waals surface area contributed by atoms with Gasteiger partial charge in [0.15, 0.2) is 6.61 Å². The number of nitro benzene ring substituents is 1. The molecular weight excluding hydrogens is 346 g/mol. The van der Waals surface area contributed by atoms with Crippen LogP contribution >= 0.6 is 11.8 Å². The van der Waals surface area contributed by atoms with E-state index in [1.165, 1.54) is 23.9 Å². The lowest BCUT2D eigenvalue weighted by molar-refractivity contribution is -0.387. The zero-order valence-corrected chi connectivity index (χ0v) is 15.2. The minimum Gasteiger partial charge on any atom is -0.452 e. The van der Waals surface area contributed by atoms with Crippen molar-refractivity contribution in [2.45, 2.75) is 31.2 Å². The first-order chi connectivity index (χ1) is 11.6. The van der Waals surface area contributed by atoms with Gasteiger partial charge in [-0.3, -0.25) is 14.9 Å². The van der Waals surface area contributed by atoms with Crippen LogP contribution in [0, 0.1) is 27.4 Å². The minimum atomic E-state index is -1.08. The highest BCUT2D eigenvalue weighted by atomic mass is 32.2. The summed E-state index contributed by atoms with van der Waals surface area (Å²) in [6.45, 7) is 4.55. The highest BCUT2D eigenvalue weighted by molar-refractivity contribution is 7.98. The Morgan fingerprint density at radius 1 is 1.48 bits per heavy atom. The number of thioether (sulfide) groups is 1. The molecule has 0 bridgehead atoms. The fourth-order valence-corrected chi connectivity index (χ4v) is 2.35. The van der Waals surface area contributed by atoms with Crippen molar-refractivity contribution in [1.29, 1.82) is 5.26 Å². The number of benzene rings is 1. The molecule has 0 radical (unpaired) electrons. The lowest BCUT2D eigenvalue weighted by Gasteiger charge is -2.27. The highest BCUT2D eigenvalue weighted by Gasteiger charge is 2.30. The van der Waals surface area contributed by atoms with Crippen LogP contribution in [0.25, 0.3) is 0 Å². The van der Waals surface area contributed by atoms with Gasteiger partial charge in [-0.25, -0.2) is 4.79 Å². The number of hydrogen-bond donors (Lipinski definition) is 1. The average Bonchev–Trinajstić information content (AvgIpc) is 2.58. The molecule has 1 rings (SSSR count). The molecule has 1 N–H and O–H groups in total. The van der Waals surface area contributed by atoms with E-state index in [1.807, 2.05) is 6.07 Å². The van der Waals surface area contributed by atoms with Crippen LogP contribution in [0.4, 0.5) is 5.69 Å². The van der Waals surface area contributed by atoms with E-state index in [4.69, 9.17) is 10.00 Å². The van der Waals surface area contributed by atoms with E-state index in [2.05, 4.69) is 5.32 Å². The molecule has 25 heavy (non-hydrogen) atoms. The lowest BCUT2D eigenvalue weighted by atomic mass is 9.90. The van der Waals surface area contributed by atoms with E-state index in [-0.39, 0.29) is 17.2 Å². The molecule has 1 aromatic carbocycles. The van der Waals surface area contributed by atoms with Crippen molar-refractivity contribution in [2.75, 3.05) is 12.9 Å². The smallest absolute Gasteiger partial charge is 0.338 e. The van der Waals surface area contributed by atoms with Gasteiger partial charge in [-0.2, -0.15) is 5.26 Å². The average molecular weight is 365 g/mol. The van der Waals surface area contributed by atoms with Crippen LogP contribution in [0.5, 0.6) is 0 Å². The van der Waals surface area contributed by atoms with Crippen LogP contribution in [0.2, 0.25) is 0 Å². The summed E-state index contributed by atoms with van der Waals surface area (Å²) in [6, 6.07) is 5.97. The third-order valence-electron chi connectivity index (χ3n) is 3.73. The second-order valence-electron chi connectivity index (χ2n) is 5.74. The third-order valence-corrected chi connectivity index (χ3v) is 4.52. The monoisotopic (exact) mass is 365 g/mol. The summed E-state index contributed by atoms with van der Waals surface area (Å²) >= 11 is 1.19. The number of carbonyl (C=O) groups is 2. The first kappa shape index (κ1) is 20.4. The minimum absolute atomic E-state index is 0.0239. The Morgan fingerprint density at radius 3 is 2.60 bits per heavy atom. The number of ether oxygens (including phenoxy) is 1. The van der Waals surface area contributed by atoms with Crippen molar-refractivity contribution in [1.82, 2.24) is 5.32 Å². The van der Waals surface area contributed by atoms with Gasteiger partial charge in [0.2, 0.25) is 0 Å². The molecule has 8 nitrogen and oxygen atoms in total. The van der Waals surface area contributed by atoms with Crippen molar-refractivity contribution in [3.63, 3.8) is 0 Å². The van der Waals surface area contributed by atoms with Crippen LogP contribution in [0.3, 0.4) is 0 Å². The third kappa shape index (κ3) is 5.19. The van der Waals surface area contributed by atoms with Crippen LogP contribution in [0.1, 0.15) is 31.1 Å². The molecule has 0 heterocycles. The number of esters is 1. The van der Waals surface area contributed by atoms with Crippen molar-refractivity contribution >= 4 is 29.3 Å². The topological polar surface area (TPSA) is 122 Å². The van der Waals surface area contributed by atoms with Crippen molar-refractivity contribution in [3.05, 3.63) is 33.9 Å². The summed E-state index contributed by atoms with van der Waals surface area (Å²) < 4.78 is 4.88. The summed E-state index contributed by atoms with van der Waals surface area (Å²) in [6.07, 6.45) is 1.69. The predicted octanol–water partition coefficient (Wildman–Crippen LogP) is 2.53. The summed E-state index contributed by atoms with van der Waals surface area (Å²) in [5.41, 5.74) is -1.31. The molecule has 1 aromatic rings. The van der Waals surface area contributed by atoms with E-state index in [1.54, 1.807) is 27.0 Å². The van der Waals surface area contributed by atoms with Gasteiger partial charge in [-0.15, -0.1) is 11.8 Å². The van der Waals surface area contributed by atoms with Crippen LogP contribution in [0.15, 0.2) is 23.1 Å². The fraction of sp³-hybridized carbons (Fsp3) is 0.438. The van der Waals surface area contributed by atoms with Gasteiger partial charge >= 0.3 is 5.97 Å². The molecule has 0 aliphatic heterocycles. The molecule has 134 valence electrons. The van der Waals surface area contributed by atoms with Gasteiger partial charge in [-0.1, -0.05) is 13.8 Å². The van der Waals surface area contributed by atoms with Gasteiger partial charge in [0.05, 0.1) is 21.5 Å². The maximum absolute atomic E-state index is 12.0. The largest absolute Gasteiger partial charge is 0.452 e. The van der Waals surface area contributed by atoms with Crippen LogP contribution in [-0.2, 0) is 9.53 Å². The molecule has 1 amide bonds. The van der Waals surface area contributed by atoms with Gasteiger partial charge in [0.25, 0.3) is 11.6 Å². The molecule has 0 spiro atoms. The predicted molar refractivity (Wildman–Crippen MR) is 92.2 cm³/mol. The molecule has 0 unspecified atom stereocenters. The van der Waals surface area contributed by atoms with Gasteiger partial charge in [0, 0.05) is 6.07 Å². The normalized spacial score (nSPS) is 12.8. The zero-order chi connectivity index (χ0) is 19.2. The lowest BCUT2D eigenvalue weighted by Crippen LogP contribution is -2.50. The molecule has 0 aromatic heterocycles. The van der Waals surface area contributed by atoms with Crippen LogP contribution < -0.4 is 5.32 Å². The second kappa shape index (κ2) is 8.48. The van der Waals surface area contributed by atoms with E-state index in [0.29, 0.717) is 4.90 Å². The second-order valence-corrected chi connectivity index (χ2v) is 6.58. The maximum atomic E-state index is 12.0. The molecule has 0 fully saturated rings. The van der Waals surface area contributed by atoms with Crippen molar-refractivity contribution in [2.24, 2.45) is 5.92 Å². The van der Waals surface area contributed by atoms with Crippen LogP contribution in [-0.4, -0.2) is 35.2 Å². The highest BCUT2D eigenvalue weighted by Crippen LogP contribution is 2.28. The zero-order valence-electron chi connectivity index (χ0n) is 14.4. The SMILES string of the molecule is CSc1ccc(C(=O)OCC(=O)N[C@@](C)(C#N)C(C)C)cc1[N+](=O)[O-]. The Morgan fingerprint density at radius 2 is 2.12 bits per heavy atom. The summed E-state index contributed by atoms with van der Waals surface area (Å²) in [7, 11) is 0. The Kier molecular flexibility index (Phi) is 6.94. The molecule has 9 heteroatoms. The Balaban J connectivity index is 2.78. The number of nitrogens with one attached hydrogen (secondary N) is 1. The Hall–Kier alpha value is -2.60. The van der Waals surface area contributed by atoms with E-state index in [0.717, 1.165) is 6.07 Å². The van der Waals surface area contributed by atoms with Crippen molar-refractivity contribution in [3.8, 4) is 6.07 Å². The maximum Gasteiger partial charge on any atom is 0.338 e. The number of nitro groups is 1. The molecule has 0 saturated carbocycles. The van der Waals surface area contributed by atoms with E-state index >= 15 is 0 Å². The Labute approximate surface area is 149 Å². The first-order valence-corrected chi connectivity index (χ1v) is 8.59. The van der Waals surface area contributed by atoms with E-state index in [9.17, 15) is 19.7 Å². The number of nitriles is 1. The van der Waals surface area contributed by atoms with Gasteiger partial charge in [0.1, 0.15) is 5.54 Å². The van der Waals surface area contributed by atoms with E-state index < -0.39 is 28.9 Å². The molecule has 0 saturated heterocycles. The first-order valence-electron chi connectivity index (χ1n) is 7.36. The number of rotatable bonds is 7. The Bertz CT molecular complexity index is 729. The number of amides is 1. The summed E-state index contributed by atoms with van der Waals surface area (Å²) in [5, 5.41) is 22.7. The summed E-state index contributed by atoms with van der Waals surface area (Å²) in [4.78, 5) is 34.7. The number of nitrogens with zero attached hydrogens (tertiary/aromatic N) is 2. The number of carbonyl (C=O) groups excluding carboxylic acids is 2. The fourth-order valence-electron chi connectivity index (χ4n) is 1.80.